The Morgan fingerprint density at radius 3 is 2.71 bits per heavy atom. The summed E-state index contributed by atoms with van der Waals surface area (Å²) in [5.74, 6) is 1.07. The number of aromatic nitrogens is 2. The number of nitrogens with one attached hydrogen (secondary N) is 1. The molecule has 7 heteroatoms. The number of hydrogen-bond donors (Lipinski definition) is 2. The van der Waals surface area contributed by atoms with Gasteiger partial charge in [-0.15, -0.1) is 11.3 Å². The highest BCUT2D eigenvalue weighted by Crippen LogP contribution is 2.35. The number of aryl methyl sites for hydroxylation is 3. The van der Waals surface area contributed by atoms with Crippen molar-refractivity contribution in [2.45, 2.75) is 33.6 Å². The number of carbonyl (C=O) groups is 1. The van der Waals surface area contributed by atoms with Gasteiger partial charge in [0.1, 0.15) is 17.0 Å². The number of nitrogens with two attached hydrogens (primary N) is 1. The van der Waals surface area contributed by atoms with Crippen LogP contribution in [0.3, 0.4) is 0 Å². The molecule has 1 amide bonds. The molecule has 0 spiro atoms. The predicted molar refractivity (Wildman–Crippen MR) is 116 cm³/mol. The number of nitrogens with zero attached hydrogens (tertiary/aromatic N) is 3. The van der Waals surface area contributed by atoms with Gasteiger partial charge in [-0.3, -0.25) is 4.79 Å². The molecule has 6 nitrogen and oxygen atoms in total. The topological polar surface area (TPSA) is 84.1 Å². The van der Waals surface area contributed by atoms with Crippen molar-refractivity contribution in [3.63, 3.8) is 0 Å². The first-order chi connectivity index (χ1) is 13.4. The van der Waals surface area contributed by atoms with E-state index in [9.17, 15) is 4.79 Å². The summed E-state index contributed by atoms with van der Waals surface area (Å²) < 4.78 is 0. The summed E-state index contributed by atoms with van der Waals surface area (Å²) in [5.41, 5.74) is 9.59. The van der Waals surface area contributed by atoms with Crippen molar-refractivity contribution in [3.05, 3.63) is 40.5 Å². The molecule has 28 heavy (non-hydrogen) atoms. The quantitative estimate of drug-likeness (QED) is 0.654. The molecule has 1 aliphatic heterocycles. The molecule has 0 saturated carbocycles. The van der Waals surface area contributed by atoms with Crippen molar-refractivity contribution in [2.75, 3.05) is 29.0 Å². The molecule has 0 bridgehead atoms. The summed E-state index contributed by atoms with van der Waals surface area (Å²) in [6, 6.07) is 5.60. The van der Waals surface area contributed by atoms with Gasteiger partial charge in [-0.2, -0.15) is 0 Å². The molecule has 1 aliphatic rings. The number of fused-ring (bicyclic) bond motifs is 1. The summed E-state index contributed by atoms with van der Waals surface area (Å²) in [7, 11) is 0. The molecule has 3 heterocycles. The van der Waals surface area contributed by atoms with Crippen LogP contribution in [0.5, 0.6) is 0 Å². The lowest BCUT2D eigenvalue weighted by Gasteiger charge is -2.32. The van der Waals surface area contributed by atoms with Gasteiger partial charge in [0.05, 0.1) is 5.39 Å². The average Bonchev–Trinajstić information content (AvgIpc) is 2.99. The fraction of sp³-hybridized carbons (Fsp3) is 0.381. The van der Waals surface area contributed by atoms with Gasteiger partial charge < -0.3 is 16.0 Å². The van der Waals surface area contributed by atoms with E-state index in [1.807, 2.05) is 25.1 Å². The largest absolute Gasteiger partial charge is 0.399 e. The van der Waals surface area contributed by atoms with Crippen LogP contribution >= 0.6 is 11.3 Å². The van der Waals surface area contributed by atoms with Crippen LogP contribution in [0, 0.1) is 26.7 Å². The van der Waals surface area contributed by atoms with Crippen LogP contribution in [0.2, 0.25) is 0 Å². The second-order valence-electron chi connectivity index (χ2n) is 7.49. The van der Waals surface area contributed by atoms with E-state index in [2.05, 4.69) is 34.0 Å². The van der Waals surface area contributed by atoms with Crippen LogP contribution in [0.15, 0.2) is 24.5 Å². The van der Waals surface area contributed by atoms with Crippen molar-refractivity contribution in [1.82, 2.24) is 9.97 Å². The number of nitrogen functional groups attached to an aromatic ring is 1. The number of amides is 1. The second-order valence-corrected chi connectivity index (χ2v) is 8.69. The van der Waals surface area contributed by atoms with Crippen molar-refractivity contribution >= 4 is 44.7 Å². The molecule has 146 valence electrons. The maximum absolute atomic E-state index is 12.7. The van der Waals surface area contributed by atoms with Gasteiger partial charge in [0.2, 0.25) is 5.91 Å². The molecule has 0 aliphatic carbocycles. The minimum Gasteiger partial charge on any atom is -0.399 e. The lowest BCUT2D eigenvalue weighted by molar-refractivity contribution is -0.120. The molecule has 1 saturated heterocycles. The average molecular weight is 396 g/mol. The van der Waals surface area contributed by atoms with Crippen LogP contribution in [-0.2, 0) is 4.79 Å². The molecule has 3 N–H and O–H groups in total. The molecule has 0 radical (unpaired) electrons. The lowest BCUT2D eigenvalue weighted by atomic mass is 9.95. The van der Waals surface area contributed by atoms with E-state index < -0.39 is 0 Å². The number of carbonyl (C=O) groups excluding carboxylic acids is 1. The van der Waals surface area contributed by atoms with E-state index in [1.165, 1.54) is 10.4 Å². The van der Waals surface area contributed by atoms with Crippen molar-refractivity contribution < 1.29 is 4.79 Å². The summed E-state index contributed by atoms with van der Waals surface area (Å²) in [4.78, 5) is 26.4. The molecule has 0 atom stereocenters. The zero-order chi connectivity index (χ0) is 19.8. The Bertz CT molecular complexity index is 1040. The van der Waals surface area contributed by atoms with Crippen molar-refractivity contribution in [1.29, 1.82) is 0 Å². The van der Waals surface area contributed by atoms with Gasteiger partial charge >= 0.3 is 0 Å². The van der Waals surface area contributed by atoms with Gasteiger partial charge in [-0.05, 0) is 56.9 Å². The second kappa shape index (κ2) is 7.39. The summed E-state index contributed by atoms with van der Waals surface area (Å²) in [5, 5.41) is 4.21. The molecule has 2 aromatic heterocycles. The Balaban J connectivity index is 1.46. The Kier molecular flexibility index (Phi) is 4.93. The SMILES string of the molecule is Cc1ccc(N)cc1NC(=O)C1CCN(c2ncnc3sc(C)c(C)c23)CC1. The number of piperidine rings is 1. The van der Waals surface area contributed by atoms with Crippen molar-refractivity contribution in [2.24, 2.45) is 5.92 Å². The van der Waals surface area contributed by atoms with Gasteiger partial charge in [0.25, 0.3) is 0 Å². The number of benzene rings is 1. The standard InChI is InChI=1S/C21H25N5OS/c1-12-4-5-16(22)10-17(12)25-20(27)15-6-8-26(9-7-15)19-18-13(2)14(3)28-21(18)24-11-23-19/h4-5,10-11,15H,6-9,22H2,1-3H3,(H,25,27). The van der Waals surface area contributed by atoms with E-state index in [0.717, 1.165) is 53.2 Å². The lowest BCUT2D eigenvalue weighted by Crippen LogP contribution is -2.38. The highest BCUT2D eigenvalue weighted by atomic mass is 32.1. The monoisotopic (exact) mass is 395 g/mol. The van der Waals surface area contributed by atoms with Gasteiger partial charge in [-0.1, -0.05) is 6.07 Å². The maximum Gasteiger partial charge on any atom is 0.227 e. The zero-order valence-electron chi connectivity index (χ0n) is 16.5. The third-order valence-electron chi connectivity index (χ3n) is 5.63. The van der Waals surface area contributed by atoms with Gasteiger partial charge in [0.15, 0.2) is 0 Å². The fourth-order valence-corrected chi connectivity index (χ4v) is 4.76. The molecular formula is C21H25N5OS. The molecule has 4 rings (SSSR count). The smallest absolute Gasteiger partial charge is 0.227 e. The normalized spacial score (nSPS) is 15.2. The highest BCUT2D eigenvalue weighted by Gasteiger charge is 2.27. The maximum atomic E-state index is 12.7. The molecular weight excluding hydrogens is 370 g/mol. The molecule has 3 aromatic rings. The molecule has 0 unspecified atom stereocenters. The Hall–Kier alpha value is -2.67. The van der Waals surface area contributed by atoms with Gasteiger partial charge in [0, 0.05) is 35.3 Å². The number of anilines is 3. The van der Waals surface area contributed by atoms with Crippen LogP contribution in [0.4, 0.5) is 17.2 Å². The van der Waals surface area contributed by atoms with E-state index in [-0.39, 0.29) is 11.8 Å². The summed E-state index contributed by atoms with van der Waals surface area (Å²) >= 11 is 1.71. The first kappa shape index (κ1) is 18.7. The highest BCUT2D eigenvalue weighted by molar-refractivity contribution is 7.18. The third-order valence-corrected chi connectivity index (χ3v) is 6.75. The number of rotatable bonds is 3. The van der Waals surface area contributed by atoms with E-state index in [0.29, 0.717) is 5.69 Å². The van der Waals surface area contributed by atoms with Crippen LogP contribution in [0.1, 0.15) is 28.8 Å². The Morgan fingerprint density at radius 2 is 1.96 bits per heavy atom. The first-order valence-corrected chi connectivity index (χ1v) is 10.4. The summed E-state index contributed by atoms with van der Waals surface area (Å²) in [6.45, 7) is 7.86. The van der Waals surface area contributed by atoms with E-state index in [4.69, 9.17) is 5.73 Å². The van der Waals surface area contributed by atoms with E-state index >= 15 is 0 Å². The van der Waals surface area contributed by atoms with E-state index in [1.54, 1.807) is 17.7 Å². The van der Waals surface area contributed by atoms with Crippen LogP contribution in [-0.4, -0.2) is 29.0 Å². The number of thiophene rings is 1. The Morgan fingerprint density at radius 1 is 1.21 bits per heavy atom. The fourth-order valence-electron chi connectivity index (χ4n) is 3.77. The Labute approximate surface area is 168 Å². The van der Waals surface area contributed by atoms with Crippen LogP contribution < -0.4 is 16.0 Å². The van der Waals surface area contributed by atoms with Crippen molar-refractivity contribution in [3.8, 4) is 0 Å². The molecule has 1 fully saturated rings. The third kappa shape index (κ3) is 3.42. The minimum atomic E-state index is -0.000263. The first-order valence-electron chi connectivity index (χ1n) is 9.56. The minimum absolute atomic E-state index is 0.000263. The summed E-state index contributed by atoms with van der Waals surface area (Å²) in [6.07, 6.45) is 3.26. The molecule has 1 aromatic carbocycles. The predicted octanol–water partition coefficient (Wildman–Crippen LogP) is 4.05. The number of hydrogen-bond acceptors (Lipinski definition) is 6. The van der Waals surface area contributed by atoms with Crippen LogP contribution in [0.25, 0.3) is 10.2 Å². The zero-order valence-corrected chi connectivity index (χ0v) is 17.3. The van der Waals surface area contributed by atoms with Gasteiger partial charge in [-0.25, -0.2) is 9.97 Å².